The van der Waals surface area contributed by atoms with Crippen molar-refractivity contribution in [2.75, 3.05) is 26.7 Å². The number of likely N-dealkylation sites (tertiary alicyclic amines) is 1. The van der Waals surface area contributed by atoms with Gasteiger partial charge in [-0.05, 0) is 49.7 Å². The summed E-state index contributed by atoms with van der Waals surface area (Å²) in [5, 5.41) is 0.726. The molecule has 0 spiro atoms. The number of carbonyl (C=O) groups excluding carboxylic acids is 1. The fraction of sp³-hybridized carbons (Fsp3) is 0.364. The van der Waals surface area contributed by atoms with Crippen LogP contribution in [0.3, 0.4) is 0 Å². The molecule has 0 saturated carbocycles. The Bertz CT molecular complexity index is 913. The monoisotopic (exact) mass is 397 g/mol. The average molecular weight is 398 g/mol. The second-order valence-electron chi connectivity index (χ2n) is 7.47. The van der Waals surface area contributed by atoms with Gasteiger partial charge in [-0.2, -0.15) is 0 Å². The van der Waals surface area contributed by atoms with Gasteiger partial charge in [0.1, 0.15) is 5.52 Å². The Morgan fingerprint density at radius 2 is 1.89 bits per heavy atom. The molecule has 1 fully saturated rings. The number of halogens is 1. The number of carbonyl (C=O) groups is 1. The van der Waals surface area contributed by atoms with E-state index in [1.54, 1.807) is 0 Å². The molecule has 3 aromatic rings. The number of hydrogen-bond donors (Lipinski definition) is 0. The van der Waals surface area contributed by atoms with Crippen LogP contribution in [0.1, 0.15) is 30.2 Å². The zero-order chi connectivity index (χ0) is 19.5. The summed E-state index contributed by atoms with van der Waals surface area (Å²) in [6.45, 7) is 2.63. The normalized spacial score (nSPS) is 15.5. The van der Waals surface area contributed by atoms with Crippen LogP contribution in [0.2, 0.25) is 5.02 Å². The number of rotatable bonds is 5. The Hall–Kier alpha value is -2.37. The minimum absolute atomic E-state index is 0.174. The number of benzene rings is 2. The van der Waals surface area contributed by atoms with Gasteiger partial charge in [-0.3, -0.25) is 9.69 Å². The second-order valence-corrected chi connectivity index (χ2v) is 7.91. The zero-order valence-electron chi connectivity index (χ0n) is 16.0. The van der Waals surface area contributed by atoms with Crippen LogP contribution in [-0.2, 0) is 11.3 Å². The number of fused-ring (bicyclic) bond motifs is 1. The Morgan fingerprint density at radius 1 is 1.18 bits per heavy atom. The number of aromatic nitrogens is 1. The van der Waals surface area contributed by atoms with Gasteiger partial charge in [0.25, 0.3) is 0 Å². The van der Waals surface area contributed by atoms with Crippen molar-refractivity contribution in [2.24, 2.45) is 0 Å². The molecule has 1 aliphatic heterocycles. The molecule has 2 heterocycles. The fourth-order valence-electron chi connectivity index (χ4n) is 3.73. The number of nitrogens with zero attached hydrogens (tertiary/aromatic N) is 3. The molecule has 0 bridgehead atoms. The highest BCUT2D eigenvalue weighted by Crippen LogP contribution is 2.30. The predicted molar refractivity (Wildman–Crippen MR) is 110 cm³/mol. The maximum absolute atomic E-state index is 12.7. The van der Waals surface area contributed by atoms with E-state index in [4.69, 9.17) is 16.0 Å². The van der Waals surface area contributed by atoms with E-state index in [1.807, 2.05) is 65.4 Å². The lowest BCUT2D eigenvalue weighted by Gasteiger charge is -2.32. The molecule has 1 amide bonds. The Labute approximate surface area is 169 Å². The molecule has 1 aromatic heterocycles. The van der Waals surface area contributed by atoms with Crippen molar-refractivity contribution >= 4 is 28.6 Å². The maximum atomic E-state index is 12.7. The van der Waals surface area contributed by atoms with E-state index >= 15 is 0 Å². The number of oxazole rings is 1. The van der Waals surface area contributed by atoms with Crippen LogP contribution in [0.15, 0.2) is 52.9 Å². The summed E-state index contributed by atoms with van der Waals surface area (Å²) >= 11 is 5.93. The minimum atomic E-state index is 0.174. The lowest BCUT2D eigenvalue weighted by atomic mass is 9.97. The minimum Gasteiger partial charge on any atom is -0.440 e. The highest BCUT2D eigenvalue weighted by molar-refractivity contribution is 6.30. The summed E-state index contributed by atoms with van der Waals surface area (Å²) in [4.78, 5) is 21.3. The average Bonchev–Trinajstić information content (AvgIpc) is 3.14. The summed E-state index contributed by atoms with van der Waals surface area (Å²) in [6, 6.07) is 15.6. The van der Waals surface area contributed by atoms with E-state index in [0.29, 0.717) is 6.54 Å². The van der Waals surface area contributed by atoms with Gasteiger partial charge in [0, 0.05) is 30.6 Å². The molecule has 0 radical (unpaired) electrons. The van der Waals surface area contributed by atoms with Crippen molar-refractivity contribution < 1.29 is 9.21 Å². The molecule has 0 unspecified atom stereocenters. The second kappa shape index (κ2) is 8.33. The van der Waals surface area contributed by atoms with Crippen LogP contribution in [0, 0.1) is 0 Å². The summed E-state index contributed by atoms with van der Waals surface area (Å²) in [7, 11) is 1.97. The molecule has 4 rings (SSSR count). The highest BCUT2D eigenvalue weighted by atomic mass is 35.5. The molecule has 1 saturated heterocycles. The molecular weight excluding hydrogens is 374 g/mol. The maximum Gasteiger partial charge on any atom is 0.236 e. The molecule has 28 heavy (non-hydrogen) atoms. The quantitative estimate of drug-likeness (QED) is 0.643. The van der Waals surface area contributed by atoms with Crippen molar-refractivity contribution in [1.29, 1.82) is 0 Å². The molecule has 146 valence electrons. The van der Waals surface area contributed by atoms with Crippen LogP contribution in [-0.4, -0.2) is 47.4 Å². The largest absolute Gasteiger partial charge is 0.440 e. The third kappa shape index (κ3) is 4.37. The smallest absolute Gasteiger partial charge is 0.236 e. The Kier molecular flexibility index (Phi) is 5.64. The topological polar surface area (TPSA) is 49.6 Å². The SMILES string of the molecule is CN(CC(=O)N1CCC(c2nc3ccccc3o2)CC1)Cc1ccc(Cl)cc1. The van der Waals surface area contributed by atoms with Gasteiger partial charge >= 0.3 is 0 Å². The van der Waals surface area contributed by atoms with Gasteiger partial charge in [0.15, 0.2) is 11.5 Å². The number of piperidine rings is 1. The highest BCUT2D eigenvalue weighted by Gasteiger charge is 2.27. The molecule has 0 N–H and O–H groups in total. The lowest BCUT2D eigenvalue weighted by molar-refractivity contribution is -0.133. The molecule has 5 nitrogen and oxygen atoms in total. The number of hydrogen-bond acceptors (Lipinski definition) is 4. The summed E-state index contributed by atoms with van der Waals surface area (Å²) < 4.78 is 5.91. The van der Waals surface area contributed by atoms with Gasteiger partial charge < -0.3 is 9.32 Å². The van der Waals surface area contributed by atoms with Crippen LogP contribution in [0.5, 0.6) is 0 Å². The van der Waals surface area contributed by atoms with Crippen LogP contribution < -0.4 is 0 Å². The van der Waals surface area contributed by atoms with Crippen molar-refractivity contribution in [3.05, 3.63) is 65.0 Å². The molecule has 0 atom stereocenters. The van der Waals surface area contributed by atoms with Crippen molar-refractivity contribution in [1.82, 2.24) is 14.8 Å². The van der Waals surface area contributed by atoms with Gasteiger partial charge in [0.05, 0.1) is 6.54 Å². The Morgan fingerprint density at radius 3 is 2.61 bits per heavy atom. The van der Waals surface area contributed by atoms with E-state index in [0.717, 1.165) is 60.1 Å². The van der Waals surface area contributed by atoms with Crippen molar-refractivity contribution in [3.8, 4) is 0 Å². The van der Waals surface area contributed by atoms with Crippen LogP contribution in [0.25, 0.3) is 11.1 Å². The van der Waals surface area contributed by atoms with Crippen molar-refractivity contribution in [3.63, 3.8) is 0 Å². The van der Waals surface area contributed by atoms with Crippen molar-refractivity contribution in [2.45, 2.75) is 25.3 Å². The molecular formula is C22H24ClN3O2. The van der Waals surface area contributed by atoms with Gasteiger partial charge in [-0.25, -0.2) is 4.98 Å². The zero-order valence-corrected chi connectivity index (χ0v) is 16.7. The molecule has 1 aliphatic rings. The fourth-order valence-corrected chi connectivity index (χ4v) is 3.85. The summed E-state index contributed by atoms with van der Waals surface area (Å²) in [5.74, 6) is 1.25. The lowest BCUT2D eigenvalue weighted by Crippen LogP contribution is -2.42. The first-order chi connectivity index (χ1) is 13.6. The standard InChI is InChI=1S/C22H24ClN3O2/c1-25(14-16-6-8-18(23)9-7-16)15-21(27)26-12-10-17(11-13-26)22-24-19-4-2-3-5-20(19)28-22/h2-9,17H,10-15H2,1H3. The Balaban J connectivity index is 1.29. The van der Waals surface area contributed by atoms with E-state index in [-0.39, 0.29) is 11.8 Å². The first kappa shape index (κ1) is 19.0. The molecule has 6 heteroatoms. The summed E-state index contributed by atoms with van der Waals surface area (Å²) in [6.07, 6.45) is 1.78. The first-order valence-corrected chi connectivity index (χ1v) is 10.0. The van der Waals surface area contributed by atoms with Gasteiger partial charge in [-0.15, -0.1) is 0 Å². The molecule has 0 aliphatic carbocycles. The molecule has 2 aromatic carbocycles. The van der Waals surface area contributed by atoms with E-state index in [2.05, 4.69) is 4.98 Å². The van der Waals surface area contributed by atoms with E-state index < -0.39 is 0 Å². The number of likely N-dealkylation sites (N-methyl/N-ethyl adjacent to an activating group) is 1. The number of para-hydroxylation sites is 2. The first-order valence-electron chi connectivity index (χ1n) is 9.65. The predicted octanol–water partition coefficient (Wildman–Crippen LogP) is 4.32. The summed E-state index contributed by atoms with van der Waals surface area (Å²) in [5.41, 5.74) is 2.88. The van der Waals surface area contributed by atoms with Gasteiger partial charge in [0.2, 0.25) is 5.91 Å². The van der Waals surface area contributed by atoms with E-state index in [1.165, 1.54) is 0 Å². The number of amides is 1. The van der Waals surface area contributed by atoms with Gasteiger partial charge in [-0.1, -0.05) is 35.9 Å². The van der Waals surface area contributed by atoms with E-state index in [9.17, 15) is 4.79 Å². The third-order valence-corrected chi connectivity index (χ3v) is 5.53. The van der Waals surface area contributed by atoms with Crippen LogP contribution >= 0.6 is 11.6 Å². The van der Waals surface area contributed by atoms with Crippen LogP contribution in [0.4, 0.5) is 0 Å². The third-order valence-electron chi connectivity index (χ3n) is 5.28.